The zero-order valence-corrected chi connectivity index (χ0v) is 12.7. The molecule has 2 heterocycles. The fraction of sp³-hybridized carbons (Fsp3) is 0.500. The number of alkyl halides is 3. The summed E-state index contributed by atoms with van der Waals surface area (Å²) in [5, 5.41) is 10.6. The lowest BCUT2D eigenvalue weighted by Gasteiger charge is -2.14. The van der Waals surface area contributed by atoms with E-state index >= 15 is 0 Å². The number of carbonyl (C=O) groups is 1. The lowest BCUT2D eigenvalue weighted by Crippen LogP contribution is -2.37. The van der Waals surface area contributed by atoms with Crippen LogP contribution in [0, 0.1) is 11.8 Å². The number of nitrogens with zero attached hydrogens (tertiary/aromatic N) is 1. The van der Waals surface area contributed by atoms with E-state index in [1.807, 2.05) is 4.98 Å². The van der Waals surface area contributed by atoms with Crippen LogP contribution in [0.25, 0.3) is 0 Å². The summed E-state index contributed by atoms with van der Waals surface area (Å²) in [5.41, 5.74) is -1.71. The van der Waals surface area contributed by atoms with Crippen LogP contribution in [0.5, 0.6) is 0 Å². The third-order valence-corrected chi connectivity index (χ3v) is 3.38. The van der Waals surface area contributed by atoms with Gasteiger partial charge in [0.1, 0.15) is 11.8 Å². The Morgan fingerprint density at radius 2 is 2.16 bits per heavy atom. The van der Waals surface area contributed by atoms with Crippen molar-refractivity contribution in [3.8, 4) is 11.8 Å². The molecule has 25 heavy (non-hydrogen) atoms. The standard InChI is InChI=1S/C14H14F3N3O5/c15-14(16,17)12(23)18-5-1-2-8-6-20(13(24)19-11(8)22)10-4-3-9(7-21)25-10/h6,9-10,21H,3-5,7H2,(H,18,23)(H,19,22,24). The molecule has 1 aromatic rings. The van der Waals surface area contributed by atoms with E-state index < -0.39 is 42.2 Å². The van der Waals surface area contributed by atoms with Gasteiger partial charge in [0.05, 0.1) is 19.3 Å². The van der Waals surface area contributed by atoms with E-state index in [2.05, 4.69) is 11.8 Å². The van der Waals surface area contributed by atoms with E-state index in [1.54, 1.807) is 0 Å². The maximum atomic E-state index is 12.0. The number of aliphatic hydroxyl groups is 1. The Morgan fingerprint density at radius 3 is 2.76 bits per heavy atom. The number of ether oxygens (including phenoxy) is 1. The Hall–Kier alpha value is -2.58. The summed E-state index contributed by atoms with van der Waals surface area (Å²) >= 11 is 0. The maximum absolute atomic E-state index is 12.0. The van der Waals surface area contributed by atoms with Crippen molar-refractivity contribution in [1.82, 2.24) is 14.9 Å². The Morgan fingerprint density at radius 1 is 1.44 bits per heavy atom. The number of rotatable bonds is 3. The minimum absolute atomic E-state index is 0.170. The SMILES string of the molecule is O=C(NCC#Cc1cn(C2CCC(CO)O2)c(=O)[nH]c1=O)C(F)(F)F. The molecule has 0 aliphatic carbocycles. The van der Waals surface area contributed by atoms with E-state index in [4.69, 9.17) is 9.84 Å². The second-order valence-electron chi connectivity index (χ2n) is 5.16. The van der Waals surface area contributed by atoms with Crippen LogP contribution in [0.1, 0.15) is 24.6 Å². The van der Waals surface area contributed by atoms with Crippen molar-refractivity contribution in [2.45, 2.75) is 31.3 Å². The number of halogens is 3. The highest BCUT2D eigenvalue weighted by Crippen LogP contribution is 2.26. The third-order valence-electron chi connectivity index (χ3n) is 3.38. The highest BCUT2D eigenvalue weighted by molar-refractivity contribution is 5.81. The average Bonchev–Trinajstić information content (AvgIpc) is 3.00. The summed E-state index contributed by atoms with van der Waals surface area (Å²) in [6, 6.07) is 0. The predicted molar refractivity (Wildman–Crippen MR) is 77.5 cm³/mol. The molecule has 0 radical (unpaired) electrons. The summed E-state index contributed by atoms with van der Waals surface area (Å²) < 4.78 is 42.5. The molecule has 1 aromatic heterocycles. The Labute approximate surface area is 138 Å². The molecule has 3 N–H and O–H groups in total. The van der Waals surface area contributed by atoms with E-state index in [1.165, 1.54) is 5.32 Å². The molecule has 2 atom stereocenters. The Kier molecular flexibility index (Phi) is 5.66. The minimum atomic E-state index is -5.02. The van der Waals surface area contributed by atoms with Gasteiger partial charge in [-0.15, -0.1) is 0 Å². The van der Waals surface area contributed by atoms with Crippen molar-refractivity contribution in [3.63, 3.8) is 0 Å². The summed E-state index contributed by atoms with van der Waals surface area (Å²) in [7, 11) is 0. The minimum Gasteiger partial charge on any atom is -0.394 e. The number of aromatic nitrogens is 2. The maximum Gasteiger partial charge on any atom is 0.471 e. The summed E-state index contributed by atoms with van der Waals surface area (Å²) in [5.74, 6) is 2.36. The number of aromatic amines is 1. The van der Waals surface area contributed by atoms with Gasteiger partial charge in [0.25, 0.3) is 5.56 Å². The first-order chi connectivity index (χ1) is 11.7. The molecule has 11 heteroatoms. The van der Waals surface area contributed by atoms with Crippen LogP contribution in [-0.4, -0.2) is 46.0 Å². The van der Waals surface area contributed by atoms with Gasteiger partial charge in [-0.25, -0.2) is 4.79 Å². The van der Waals surface area contributed by atoms with Crippen molar-refractivity contribution >= 4 is 5.91 Å². The molecule has 136 valence electrons. The number of aliphatic hydroxyl groups excluding tert-OH is 1. The molecule has 0 saturated carbocycles. The molecule has 1 fully saturated rings. The van der Waals surface area contributed by atoms with Crippen molar-refractivity contribution in [3.05, 3.63) is 32.6 Å². The van der Waals surface area contributed by atoms with Gasteiger partial charge in [0.15, 0.2) is 0 Å². The summed E-state index contributed by atoms with van der Waals surface area (Å²) in [4.78, 5) is 36.2. The zero-order valence-electron chi connectivity index (χ0n) is 12.7. The van der Waals surface area contributed by atoms with Crippen molar-refractivity contribution in [2.24, 2.45) is 0 Å². The molecule has 0 bridgehead atoms. The summed E-state index contributed by atoms with van der Waals surface area (Å²) in [6.45, 7) is -0.830. The number of nitrogens with one attached hydrogen (secondary N) is 2. The highest BCUT2D eigenvalue weighted by atomic mass is 19.4. The number of hydrogen-bond donors (Lipinski definition) is 3. The smallest absolute Gasteiger partial charge is 0.394 e. The predicted octanol–water partition coefficient (Wildman–Crippen LogP) is -0.764. The van der Waals surface area contributed by atoms with Crippen LogP contribution in [0.3, 0.4) is 0 Å². The second-order valence-corrected chi connectivity index (χ2v) is 5.16. The first kappa shape index (κ1) is 18.8. The molecule has 0 aromatic carbocycles. The van der Waals surface area contributed by atoms with Crippen LogP contribution in [0.15, 0.2) is 15.8 Å². The Bertz CT molecular complexity index is 818. The topological polar surface area (TPSA) is 113 Å². The van der Waals surface area contributed by atoms with Gasteiger partial charge in [-0.3, -0.25) is 19.1 Å². The first-order valence-corrected chi connectivity index (χ1v) is 7.18. The van der Waals surface area contributed by atoms with Crippen LogP contribution < -0.4 is 16.6 Å². The molecule has 1 amide bonds. The fourth-order valence-corrected chi connectivity index (χ4v) is 2.18. The van der Waals surface area contributed by atoms with E-state index in [9.17, 15) is 27.6 Å². The van der Waals surface area contributed by atoms with Gasteiger partial charge in [-0.1, -0.05) is 11.8 Å². The number of carbonyl (C=O) groups excluding carboxylic acids is 1. The quantitative estimate of drug-likeness (QED) is 0.613. The zero-order chi connectivity index (χ0) is 18.6. The third kappa shape index (κ3) is 4.71. The number of H-pyrrole nitrogens is 1. The van der Waals surface area contributed by atoms with Crippen LogP contribution in [-0.2, 0) is 9.53 Å². The molecule has 0 spiro atoms. The molecule has 2 unspecified atom stereocenters. The first-order valence-electron chi connectivity index (χ1n) is 7.18. The van der Waals surface area contributed by atoms with Crippen LogP contribution >= 0.6 is 0 Å². The van der Waals surface area contributed by atoms with E-state index in [0.29, 0.717) is 12.8 Å². The van der Waals surface area contributed by atoms with Gasteiger partial charge < -0.3 is 15.2 Å². The molecule has 8 nitrogen and oxygen atoms in total. The van der Waals surface area contributed by atoms with Gasteiger partial charge in [0, 0.05) is 6.20 Å². The molecule has 1 saturated heterocycles. The van der Waals surface area contributed by atoms with Gasteiger partial charge in [-0.2, -0.15) is 13.2 Å². The summed E-state index contributed by atoms with van der Waals surface area (Å²) in [6.07, 6.45) is -4.04. The number of hydrogen-bond acceptors (Lipinski definition) is 5. The second kappa shape index (κ2) is 7.54. The monoisotopic (exact) mass is 361 g/mol. The van der Waals surface area contributed by atoms with Gasteiger partial charge in [-0.05, 0) is 12.8 Å². The Balaban J connectivity index is 2.14. The van der Waals surface area contributed by atoms with E-state index in [0.717, 1.165) is 10.8 Å². The van der Waals surface area contributed by atoms with Crippen molar-refractivity contribution in [2.75, 3.05) is 13.2 Å². The highest BCUT2D eigenvalue weighted by Gasteiger charge is 2.38. The molecule has 1 aliphatic rings. The molecule has 1 aliphatic heterocycles. The number of amides is 1. The van der Waals surface area contributed by atoms with E-state index in [-0.39, 0.29) is 12.2 Å². The molecule has 2 rings (SSSR count). The largest absolute Gasteiger partial charge is 0.471 e. The lowest BCUT2D eigenvalue weighted by molar-refractivity contribution is -0.173. The molecular formula is C14H14F3N3O5. The normalized spacial score (nSPS) is 20.0. The van der Waals surface area contributed by atoms with Crippen LogP contribution in [0.4, 0.5) is 13.2 Å². The van der Waals surface area contributed by atoms with Crippen LogP contribution in [0.2, 0.25) is 0 Å². The average molecular weight is 361 g/mol. The van der Waals surface area contributed by atoms with Gasteiger partial charge >= 0.3 is 17.8 Å². The fourth-order valence-electron chi connectivity index (χ4n) is 2.18. The van der Waals surface area contributed by atoms with Crippen molar-refractivity contribution in [1.29, 1.82) is 0 Å². The van der Waals surface area contributed by atoms with Crippen molar-refractivity contribution < 1.29 is 27.8 Å². The lowest BCUT2D eigenvalue weighted by atomic mass is 10.2. The molecular weight excluding hydrogens is 347 g/mol. The van der Waals surface area contributed by atoms with Gasteiger partial charge in [0.2, 0.25) is 0 Å².